The summed E-state index contributed by atoms with van der Waals surface area (Å²) in [7, 11) is 0. The fraction of sp³-hybridized carbons (Fsp3) is 0.538. The lowest BCUT2D eigenvalue weighted by Gasteiger charge is -2.26. The Morgan fingerprint density at radius 1 is 1.35 bits per heavy atom. The summed E-state index contributed by atoms with van der Waals surface area (Å²) >= 11 is 5.54. The maximum Gasteiger partial charge on any atom is 0.123 e. The fourth-order valence-corrected chi connectivity index (χ4v) is 3.78. The van der Waals surface area contributed by atoms with Gasteiger partial charge >= 0.3 is 0 Å². The second-order valence-electron chi connectivity index (χ2n) is 4.76. The van der Waals surface area contributed by atoms with Gasteiger partial charge in [0.25, 0.3) is 0 Å². The molecular formula is C13H16BrNOS. The molecule has 0 saturated carbocycles. The molecule has 0 bridgehead atoms. The van der Waals surface area contributed by atoms with Crippen LogP contribution in [0.25, 0.3) is 0 Å². The smallest absolute Gasteiger partial charge is 0.123 e. The van der Waals surface area contributed by atoms with Crippen LogP contribution in [0.5, 0.6) is 5.75 Å². The molecule has 1 aromatic carbocycles. The van der Waals surface area contributed by atoms with E-state index in [2.05, 4.69) is 33.4 Å². The molecule has 0 aromatic heterocycles. The normalized spacial score (nSPS) is 23.0. The van der Waals surface area contributed by atoms with Crippen molar-refractivity contribution in [3.8, 4) is 5.75 Å². The third-order valence-corrected chi connectivity index (χ3v) is 5.09. The summed E-state index contributed by atoms with van der Waals surface area (Å²) in [6.45, 7) is 2.40. The highest BCUT2D eigenvalue weighted by Crippen LogP contribution is 2.32. The van der Waals surface area contributed by atoms with Gasteiger partial charge in [-0.1, -0.05) is 15.9 Å². The van der Waals surface area contributed by atoms with Gasteiger partial charge in [-0.15, -0.1) is 0 Å². The van der Waals surface area contributed by atoms with E-state index in [-0.39, 0.29) is 0 Å². The molecule has 17 heavy (non-hydrogen) atoms. The van der Waals surface area contributed by atoms with Gasteiger partial charge < -0.3 is 10.1 Å². The van der Waals surface area contributed by atoms with Crippen molar-refractivity contribution in [1.29, 1.82) is 0 Å². The SMILES string of the molecule is Brc1ccc2c(c1)CC(CSCC1CNC1)O2. The van der Waals surface area contributed by atoms with Crippen LogP contribution in [0.1, 0.15) is 5.56 Å². The van der Waals surface area contributed by atoms with Crippen molar-refractivity contribution in [2.24, 2.45) is 5.92 Å². The molecule has 2 nitrogen and oxygen atoms in total. The van der Waals surface area contributed by atoms with E-state index in [1.54, 1.807) is 0 Å². The zero-order chi connectivity index (χ0) is 11.7. The van der Waals surface area contributed by atoms with Crippen molar-refractivity contribution >= 4 is 27.7 Å². The monoisotopic (exact) mass is 313 g/mol. The Morgan fingerprint density at radius 2 is 2.24 bits per heavy atom. The minimum Gasteiger partial charge on any atom is -0.489 e. The summed E-state index contributed by atoms with van der Waals surface area (Å²) < 4.78 is 7.09. The molecular weight excluding hydrogens is 298 g/mol. The zero-order valence-corrected chi connectivity index (χ0v) is 12.0. The molecule has 1 fully saturated rings. The number of fused-ring (bicyclic) bond motifs is 1. The van der Waals surface area contributed by atoms with E-state index in [1.165, 1.54) is 24.4 Å². The Hall–Kier alpha value is -0.190. The second-order valence-corrected chi connectivity index (χ2v) is 6.75. The molecule has 1 saturated heterocycles. The van der Waals surface area contributed by atoms with Crippen LogP contribution in [0.4, 0.5) is 0 Å². The van der Waals surface area contributed by atoms with Crippen LogP contribution in [-0.4, -0.2) is 30.7 Å². The quantitative estimate of drug-likeness (QED) is 0.923. The molecule has 1 unspecified atom stereocenters. The highest BCUT2D eigenvalue weighted by atomic mass is 79.9. The molecule has 1 aromatic rings. The molecule has 2 aliphatic rings. The van der Waals surface area contributed by atoms with Crippen molar-refractivity contribution in [1.82, 2.24) is 5.32 Å². The summed E-state index contributed by atoms with van der Waals surface area (Å²) in [4.78, 5) is 0. The van der Waals surface area contributed by atoms with Gasteiger partial charge in [0.2, 0.25) is 0 Å². The summed E-state index contributed by atoms with van der Waals surface area (Å²) in [5.74, 6) is 4.34. The average Bonchev–Trinajstić information content (AvgIpc) is 2.63. The first-order chi connectivity index (χ1) is 8.31. The minimum atomic E-state index is 0.373. The number of hydrogen-bond acceptors (Lipinski definition) is 3. The Kier molecular flexibility index (Phi) is 3.64. The lowest BCUT2D eigenvalue weighted by Crippen LogP contribution is -2.43. The van der Waals surface area contributed by atoms with Gasteiger partial charge in [0.05, 0.1) is 0 Å². The van der Waals surface area contributed by atoms with E-state index in [4.69, 9.17) is 4.74 Å². The zero-order valence-electron chi connectivity index (χ0n) is 9.62. The van der Waals surface area contributed by atoms with Gasteiger partial charge in [0, 0.05) is 16.6 Å². The molecule has 1 atom stereocenters. The largest absolute Gasteiger partial charge is 0.489 e. The standard InChI is InChI=1S/C13H16BrNOS/c14-11-1-2-13-10(3-11)4-12(16-13)8-17-7-9-5-15-6-9/h1-3,9,12,15H,4-8H2. The predicted octanol–water partition coefficient (Wildman–Crippen LogP) is 2.71. The number of hydrogen-bond donors (Lipinski definition) is 1. The molecule has 2 heterocycles. The third-order valence-electron chi connectivity index (χ3n) is 3.29. The number of rotatable bonds is 4. The van der Waals surface area contributed by atoms with Gasteiger partial charge in [-0.25, -0.2) is 0 Å². The van der Waals surface area contributed by atoms with E-state index in [9.17, 15) is 0 Å². The van der Waals surface area contributed by atoms with Gasteiger partial charge in [-0.3, -0.25) is 0 Å². The summed E-state index contributed by atoms with van der Waals surface area (Å²) in [5, 5.41) is 3.31. The Balaban J connectivity index is 1.48. The summed E-state index contributed by atoms with van der Waals surface area (Å²) in [6, 6.07) is 6.30. The number of nitrogens with one attached hydrogen (secondary N) is 1. The fourth-order valence-electron chi connectivity index (χ4n) is 2.21. The van der Waals surface area contributed by atoms with Crippen molar-refractivity contribution in [2.75, 3.05) is 24.6 Å². The van der Waals surface area contributed by atoms with Gasteiger partial charge in [0.1, 0.15) is 11.9 Å². The summed E-state index contributed by atoms with van der Waals surface area (Å²) in [6.07, 6.45) is 1.43. The minimum absolute atomic E-state index is 0.373. The lowest BCUT2D eigenvalue weighted by molar-refractivity contribution is 0.259. The Bertz CT molecular complexity index is 408. The molecule has 92 valence electrons. The van der Waals surface area contributed by atoms with Crippen LogP contribution >= 0.6 is 27.7 Å². The molecule has 1 N–H and O–H groups in total. The molecule has 2 aliphatic heterocycles. The second kappa shape index (κ2) is 5.21. The Morgan fingerprint density at radius 3 is 3.00 bits per heavy atom. The highest BCUT2D eigenvalue weighted by Gasteiger charge is 2.24. The summed E-state index contributed by atoms with van der Waals surface area (Å²) in [5.41, 5.74) is 1.34. The maximum absolute atomic E-state index is 5.94. The number of ether oxygens (including phenoxy) is 1. The van der Waals surface area contributed by atoms with Crippen LogP contribution in [0.15, 0.2) is 22.7 Å². The molecule has 0 spiro atoms. The van der Waals surface area contributed by atoms with E-state index in [1.807, 2.05) is 17.8 Å². The van der Waals surface area contributed by atoms with Gasteiger partial charge in [-0.2, -0.15) is 11.8 Å². The van der Waals surface area contributed by atoms with E-state index < -0.39 is 0 Å². The molecule has 4 heteroatoms. The van der Waals surface area contributed by atoms with Crippen molar-refractivity contribution < 1.29 is 4.74 Å². The van der Waals surface area contributed by atoms with E-state index in [0.29, 0.717) is 6.10 Å². The average molecular weight is 314 g/mol. The van der Waals surface area contributed by atoms with Crippen molar-refractivity contribution in [2.45, 2.75) is 12.5 Å². The third kappa shape index (κ3) is 2.80. The first-order valence-corrected chi connectivity index (χ1v) is 7.99. The van der Waals surface area contributed by atoms with Crippen LogP contribution in [-0.2, 0) is 6.42 Å². The predicted molar refractivity (Wildman–Crippen MR) is 75.9 cm³/mol. The highest BCUT2D eigenvalue weighted by molar-refractivity contribution is 9.10. The maximum atomic E-state index is 5.94. The van der Waals surface area contributed by atoms with E-state index in [0.717, 1.165) is 28.3 Å². The first-order valence-electron chi connectivity index (χ1n) is 6.05. The van der Waals surface area contributed by atoms with Crippen LogP contribution in [0, 0.1) is 5.92 Å². The first kappa shape index (κ1) is 11.9. The van der Waals surface area contributed by atoms with Gasteiger partial charge in [0.15, 0.2) is 0 Å². The van der Waals surface area contributed by atoms with Crippen molar-refractivity contribution in [3.63, 3.8) is 0 Å². The number of benzene rings is 1. The van der Waals surface area contributed by atoms with Crippen LogP contribution < -0.4 is 10.1 Å². The molecule has 0 amide bonds. The van der Waals surface area contributed by atoms with Crippen LogP contribution in [0.2, 0.25) is 0 Å². The number of halogens is 1. The van der Waals surface area contributed by atoms with Crippen LogP contribution in [0.3, 0.4) is 0 Å². The Labute approximate surface area is 115 Å². The lowest BCUT2D eigenvalue weighted by atomic mass is 10.1. The van der Waals surface area contributed by atoms with Gasteiger partial charge in [-0.05, 0) is 48.5 Å². The topological polar surface area (TPSA) is 21.3 Å². The molecule has 0 radical (unpaired) electrons. The van der Waals surface area contributed by atoms with E-state index >= 15 is 0 Å². The molecule has 0 aliphatic carbocycles. The number of thioether (sulfide) groups is 1. The molecule has 3 rings (SSSR count). The van der Waals surface area contributed by atoms with Crippen molar-refractivity contribution in [3.05, 3.63) is 28.2 Å².